The summed E-state index contributed by atoms with van der Waals surface area (Å²) in [5.74, 6) is 0.877. The van der Waals surface area contributed by atoms with Crippen molar-refractivity contribution in [3.63, 3.8) is 0 Å². The van der Waals surface area contributed by atoms with Gasteiger partial charge < -0.3 is 5.32 Å². The largest absolute Gasteiger partial charge is 0.389 e. The van der Waals surface area contributed by atoms with Gasteiger partial charge in [-0.25, -0.2) is 0 Å². The van der Waals surface area contributed by atoms with Crippen molar-refractivity contribution >= 4 is 0 Å². The fraction of sp³-hybridized carbons (Fsp3) is 0.800. The summed E-state index contributed by atoms with van der Waals surface area (Å²) < 4.78 is 0. The van der Waals surface area contributed by atoms with Crippen molar-refractivity contribution in [1.82, 2.24) is 5.32 Å². The molecule has 0 aliphatic carbocycles. The zero-order chi connectivity index (χ0) is 8.69. The predicted molar refractivity (Wildman–Crippen MR) is 51.5 cm³/mol. The molecule has 0 spiro atoms. The van der Waals surface area contributed by atoms with Crippen LogP contribution in [-0.2, 0) is 0 Å². The molecule has 0 rings (SSSR count). The van der Waals surface area contributed by atoms with E-state index >= 15 is 0 Å². The summed E-state index contributed by atoms with van der Waals surface area (Å²) in [4.78, 5) is 0. The summed E-state index contributed by atoms with van der Waals surface area (Å²) in [6.07, 6.45) is 3.89. The van der Waals surface area contributed by atoms with Gasteiger partial charge in [0.05, 0.1) is 0 Å². The van der Waals surface area contributed by atoms with Gasteiger partial charge in [0, 0.05) is 12.2 Å². The Morgan fingerprint density at radius 2 is 2.18 bits per heavy atom. The van der Waals surface area contributed by atoms with Crippen LogP contribution in [0.2, 0.25) is 0 Å². The molecule has 0 aliphatic heterocycles. The highest BCUT2D eigenvalue weighted by Gasteiger charge is 1.96. The van der Waals surface area contributed by atoms with Gasteiger partial charge in [-0.1, -0.05) is 26.8 Å². The number of hydrogen-bond acceptors (Lipinski definition) is 1. The third kappa shape index (κ3) is 7.44. The van der Waals surface area contributed by atoms with E-state index in [9.17, 15) is 0 Å². The van der Waals surface area contributed by atoms with Crippen LogP contribution in [0.4, 0.5) is 0 Å². The van der Waals surface area contributed by atoms with E-state index in [-0.39, 0.29) is 0 Å². The van der Waals surface area contributed by atoms with Crippen molar-refractivity contribution in [3.05, 3.63) is 12.3 Å². The number of hydrogen-bond donors (Lipinski definition) is 1. The molecule has 0 fully saturated rings. The van der Waals surface area contributed by atoms with Crippen molar-refractivity contribution < 1.29 is 0 Å². The van der Waals surface area contributed by atoms with E-state index in [0.29, 0.717) is 0 Å². The molecule has 1 unspecified atom stereocenters. The van der Waals surface area contributed by atoms with Gasteiger partial charge in [-0.3, -0.25) is 0 Å². The maximum absolute atomic E-state index is 3.78. The Kier molecular flexibility index (Phi) is 6.00. The second-order valence-corrected chi connectivity index (χ2v) is 3.36. The number of nitrogens with one attached hydrogen (secondary N) is 1. The minimum atomic E-state index is 0.877. The van der Waals surface area contributed by atoms with Crippen LogP contribution in [0.3, 0.4) is 0 Å². The Labute approximate surface area is 70.9 Å². The average Bonchev–Trinajstić information content (AvgIpc) is 1.97. The molecular weight excluding hydrogens is 134 g/mol. The molecule has 0 aromatic heterocycles. The summed E-state index contributed by atoms with van der Waals surface area (Å²) in [5, 5.41) is 3.23. The van der Waals surface area contributed by atoms with Gasteiger partial charge in [-0.15, -0.1) is 0 Å². The van der Waals surface area contributed by atoms with E-state index in [1.807, 2.05) is 6.92 Å². The molecule has 0 aromatic carbocycles. The smallest absolute Gasteiger partial charge is 0.0143 e. The molecule has 1 atom stereocenters. The summed E-state index contributed by atoms with van der Waals surface area (Å²) in [7, 11) is 0. The van der Waals surface area contributed by atoms with Gasteiger partial charge in [-0.05, 0) is 25.7 Å². The zero-order valence-corrected chi connectivity index (χ0v) is 8.11. The van der Waals surface area contributed by atoms with Crippen LogP contribution in [0.5, 0.6) is 0 Å². The van der Waals surface area contributed by atoms with E-state index in [2.05, 4.69) is 25.7 Å². The second kappa shape index (κ2) is 6.26. The van der Waals surface area contributed by atoms with Crippen LogP contribution in [-0.4, -0.2) is 6.54 Å². The van der Waals surface area contributed by atoms with Crippen LogP contribution < -0.4 is 5.32 Å². The molecule has 0 saturated heterocycles. The summed E-state index contributed by atoms with van der Waals surface area (Å²) >= 11 is 0. The Hall–Kier alpha value is -0.460. The van der Waals surface area contributed by atoms with E-state index in [0.717, 1.165) is 18.2 Å². The third-order valence-electron chi connectivity index (χ3n) is 2.00. The fourth-order valence-corrected chi connectivity index (χ4v) is 0.956. The fourth-order valence-electron chi connectivity index (χ4n) is 0.956. The summed E-state index contributed by atoms with van der Waals surface area (Å²) in [5.41, 5.74) is 1.08. The topological polar surface area (TPSA) is 12.0 Å². The standard InChI is InChI=1S/C10H21N/c1-5-10(4)7-6-8-11-9(2)3/h10-11H,2,5-8H2,1,3-4H3. The molecule has 0 radical (unpaired) electrons. The Morgan fingerprint density at radius 1 is 1.55 bits per heavy atom. The molecule has 11 heavy (non-hydrogen) atoms. The van der Waals surface area contributed by atoms with Crippen LogP contribution >= 0.6 is 0 Å². The number of allylic oxidation sites excluding steroid dienone is 1. The van der Waals surface area contributed by atoms with Gasteiger partial charge in [0.15, 0.2) is 0 Å². The lowest BCUT2D eigenvalue weighted by Gasteiger charge is -2.08. The highest BCUT2D eigenvalue weighted by atomic mass is 14.9. The van der Waals surface area contributed by atoms with Crippen molar-refractivity contribution in [1.29, 1.82) is 0 Å². The monoisotopic (exact) mass is 155 g/mol. The van der Waals surface area contributed by atoms with E-state index in [1.54, 1.807) is 0 Å². The lowest BCUT2D eigenvalue weighted by atomic mass is 10.0. The molecule has 1 heteroatoms. The molecule has 0 bridgehead atoms. The van der Waals surface area contributed by atoms with E-state index in [1.165, 1.54) is 19.3 Å². The SMILES string of the molecule is C=C(C)NCCCC(C)CC. The first kappa shape index (κ1) is 10.5. The first-order valence-corrected chi connectivity index (χ1v) is 4.56. The minimum absolute atomic E-state index is 0.877. The van der Waals surface area contributed by atoms with Gasteiger partial charge in [0.1, 0.15) is 0 Å². The van der Waals surface area contributed by atoms with Gasteiger partial charge in [0.25, 0.3) is 0 Å². The molecule has 0 heterocycles. The molecule has 0 aromatic rings. The van der Waals surface area contributed by atoms with Crippen LogP contribution in [0.15, 0.2) is 12.3 Å². The van der Waals surface area contributed by atoms with Gasteiger partial charge in [-0.2, -0.15) is 0 Å². The second-order valence-electron chi connectivity index (χ2n) is 3.36. The van der Waals surface area contributed by atoms with Crippen LogP contribution in [0.25, 0.3) is 0 Å². The highest BCUT2D eigenvalue weighted by Crippen LogP contribution is 2.08. The summed E-state index contributed by atoms with van der Waals surface area (Å²) in [6, 6.07) is 0. The van der Waals surface area contributed by atoms with E-state index < -0.39 is 0 Å². The van der Waals surface area contributed by atoms with Crippen molar-refractivity contribution in [3.8, 4) is 0 Å². The lowest BCUT2D eigenvalue weighted by molar-refractivity contribution is 0.489. The Morgan fingerprint density at radius 3 is 2.64 bits per heavy atom. The highest BCUT2D eigenvalue weighted by molar-refractivity contribution is 4.83. The van der Waals surface area contributed by atoms with E-state index in [4.69, 9.17) is 0 Å². The zero-order valence-electron chi connectivity index (χ0n) is 8.11. The third-order valence-corrected chi connectivity index (χ3v) is 2.00. The van der Waals surface area contributed by atoms with Gasteiger partial charge in [0.2, 0.25) is 0 Å². The Bertz CT molecular complexity index is 107. The van der Waals surface area contributed by atoms with Crippen molar-refractivity contribution in [2.24, 2.45) is 5.92 Å². The normalized spacial score (nSPS) is 12.6. The van der Waals surface area contributed by atoms with Gasteiger partial charge >= 0.3 is 0 Å². The maximum atomic E-state index is 3.78. The molecular formula is C10H21N. The molecule has 66 valence electrons. The molecule has 1 N–H and O–H groups in total. The molecule has 0 saturated carbocycles. The minimum Gasteiger partial charge on any atom is -0.389 e. The maximum Gasteiger partial charge on any atom is 0.0143 e. The van der Waals surface area contributed by atoms with Crippen LogP contribution in [0, 0.1) is 5.92 Å². The number of rotatable bonds is 6. The van der Waals surface area contributed by atoms with Crippen molar-refractivity contribution in [2.75, 3.05) is 6.54 Å². The molecule has 1 nitrogen and oxygen atoms in total. The first-order chi connectivity index (χ1) is 5.16. The molecule has 0 aliphatic rings. The quantitative estimate of drug-likeness (QED) is 0.581. The predicted octanol–water partition coefficient (Wildman–Crippen LogP) is 2.94. The molecule has 0 amide bonds. The summed E-state index contributed by atoms with van der Waals surface area (Å²) in [6.45, 7) is 11.4. The van der Waals surface area contributed by atoms with Crippen molar-refractivity contribution in [2.45, 2.75) is 40.0 Å². The van der Waals surface area contributed by atoms with Crippen LogP contribution in [0.1, 0.15) is 40.0 Å². The lowest BCUT2D eigenvalue weighted by Crippen LogP contribution is -2.12. The Balaban J connectivity index is 3.08. The first-order valence-electron chi connectivity index (χ1n) is 4.56. The average molecular weight is 155 g/mol.